The van der Waals surface area contributed by atoms with Crippen molar-refractivity contribution >= 4 is 44.2 Å². The first-order valence-corrected chi connectivity index (χ1v) is 11.3. The second-order valence-corrected chi connectivity index (χ2v) is 8.72. The third kappa shape index (κ3) is 2.64. The van der Waals surface area contributed by atoms with Crippen LogP contribution in [0.5, 0.6) is 0 Å². The molecule has 0 unspecified atom stereocenters. The van der Waals surface area contributed by atoms with Crippen molar-refractivity contribution < 1.29 is 4.79 Å². The van der Waals surface area contributed by atoms with E-state index in [1.807, 2.05) is 73.7 Å². The number of rotatable bonds is 3. The molecule has 1 amide bonds. The summed E-state index contributed by atoms with van der Waals surface area (Å²) in [4.78, 5) is 33.5. The molecule has 0 bridgehead atoms. The molecule has 32 heavy (non-hydrogen) atoms. The molecule has 3 aromatic carbocycles. The molecule has 6 rings (SSSR count). The number of benzene rings is 3. The summed E-state index contributed by atoms with van der Waals surface area (Å²) < 4.78 is 1.71. The Morgan fingerprint density at radius 1 is 0.906 bits per heavy atom. The van der Waals surface area contributed by atoms with Crippen LogP contribution in [0.25, 0.3) is 32.7 Å². The molecule has 5 aromatic rings. The van der Waals surface area contributed by atoms with Gasteiger partial charge in [-0.25, -0.2) is 0 Å². The first-order valence-electron chi connectivity index (χ1n) is 10.5. The maximum absolute atomic E-state index is 13.3. The van der Waals surface area contributed by atoms with Crippen molar-refractivity contribution in [2.24, 2.45) is 0 Å². The van der Waals surface area contributed by atoms with Crippen molar-refractivity contribution in [2.75, 3.05) is 11.4 Å². The molecule has 0 fully saturated rings. The first kappa shape index (κ1) is 18.9. The van der Waals surface area contributed by atoms with Gasteiger partial charge in [-0.05, 0) is 23.3 Å². The molecular weight excluding hydrogens is 420 g/mol. The van der Waals surface area contributed by atoms with Crippen molar-refractivity contribution in [2.45, 2.75) is 13.3 Å². The topological polar surface area (TPSA) is 67.6 Å². The Morgan fingerprint density at radius 3 is 2.50 bits per heavy atom. The van der Waals surface area contributed by atoms with Gasteiger partial charge < -0.3 is 4.90 Å². The van der Waals surface area contributed by atoms with Crippen molar-refractivity contribution in [3.63, 3.8) is 0 Å². The van der Waals surface area contributed by atoms with E-state index >= 15 is 0 Å². The highest BCUT2D eigenvalue weighted by molar-refractivity contribution is 7.15. The second kappa shape index (κ2) is 7.10. The molecule has 0 radical (unpaired) electrons. The summed E-state index contributed by atoms with van der Waals surface area (Å²) in [6.45, 7) is 2.64. The Morgan fingerprint density at radius 2 is 1.66 bits per heavy atom. The van der Waals surface area contributed by atoms with E-state index in [0.717, 1.165) is 34.0 Å². The number of carbonyl (C=O) groups excluding carboxylic acids is 1. The van der Waals surface area contributed by atoms with E-state index in [1.54, 1.807) is 4.90 Å². The first-order chi connectivity index (χ1) is 15.7. The molecule has 1 aliphatic heterocycles. The Bertz CT molecular complexity index is 1640. The van der Waals surface area contributed by atoms with Gasteiger partial charge in [0.2, 0.25) is 4.96 Å². The molecule has 0 saturated heterocycles. The quantitative estimate of drug-likeness (QED) is 0.431. The van der Waals surface area contributed by atoms with Crippen LogP contribution in [0.3, 0.4) is 0 Å². The number of fused-ring (bicyclic) bond motifs is 3. The fraction of sp³-hybridized carbons (Fsp3) is 0.120. The number of carbonyl (C=O) groups is 1. The highest BCUT2D eigenvalue weighted by atomic mass is 32.1. The van der Waals surface area contributed by atoms with Crippen molar-refractivity contribution in [3.8, 4) is 11.4 Å². The SMILES string of the molecule is CCCN1C(=O)/C(=c2\sc3nc(-c4cccc5ccccc45)nn3c2=O)c2ccccc21. The van der Waals surface area contributed by atoms with Crippen LogP contribution >= 0.6 is 11.3 Å². The van der Waals surface area contributed by atoms with Crippen LogP contribution in [-0.2, 0) is 4.79 Å². The standard InChI is InChI=1S/C25H18N4O2S/c1-2-14-28-19-13-6-5-11-18(19)20(23(28)30)21-24(31)29-25(32-21)26-22(27-29)17-12-7-9-15-8-3-4-10-16(15)17/h3-13H,2,14H2,1H3/b21-20-. The lowest BCUT2D eigenvalue weighted by Gasteiger charge is -2.15. The highest BCUT2D eigenvalue weighted by Crippen LogP contribution is 2.35. The molecule has 0 spiro atoms. The number of aromatic nitrogens is 3. The van der Waals surface area contributed by atoms with Gasteiger partial charge in [-0.3, -0.25) is 9.59 Å². The summed E-state index contributed by atoms with van der Waals surface area (Å²) in [5, 5.41) is 6.65. The molecule has 0 aliphatic carbocycles. The number of anilines is 1. The molecule has 2 aromatic heterocycles. The second-order valence-electron chi connectivity index (χ2n) is 7.74. The molecule has 0 N–H and O–H groups in total. The number of hydrogen-bond donors (Lipinski definition) is 0. The zero-order valence-corrected chi connectivity index (χ0v) is 18.1. The smallest absolute Gasteiger partial charge is 0.291 e. The number of nitrogens with zero attached hydrogens (tertiary/aromatic N) is 4. The van der Waals surface area contributed by atoms with E-state index in [-0.39, 0.29) is 11.5 Å². The van der Waals surface area contributed by atoms with E-state index in [9.17, 15) is 9.59 Å². The minimum absolute atomic E-state index is 0.135. The van der Waals surface area contributed by atoms with Crippen LogP contribution in [0.4, 0.5) is 5.69 Å². The van der Waals surface area contributed by atoms with Crippen LogP contribution in [0.2, 0.25) is 0 Å². The fourth-order valence-corrected chi connectivity index (χ4v) is 5.36. The van der Waals surface area contributed by atoms with Crippen LogP contribution in [0.15, 0.2) is 71.5 Å². The lowest BCUT2D eigenvalue weighted by molar-refractivity contribution is -0.113. The Labute approximate surface area is 187 Å². The van der Waals surface area contributed by atoms with Gasteiger partial charge in [-0.1, -0.05) is 78.9 Å². The Hall–Kier alpha value is -3.84. The molecule has 156 valence electrons. The average Bonchev–Trinajstić information content (AvgIpc) is 3.45. The van der Waals surface area contributed by atoms with Gasteiger partial charge in [-0.2, -0.15) is 9.50 Å². The molecular formula is C25H18N4O2S. The normalized spacial score (nSPS) is 15.2. The Kier molecular flexibility index (Phi) is 4.19. The minimum Gasteiger partial charge on any atom is -0.308 e. The van der Waals surface area contributed by atoms with Gasteiger partial charge in [0.25, 0.3) is 11.5 Å². The average molecular weight is 439 g/mol. The van der Waals surface area contributed by atoms with E-state index in [2.05, 4.69) is 10.1 Å². The van der Waals surface area contributed by atoms with E-state index in [1.165, 1.54) is 15.9 Å². The Balaban J connectivity index is 1.57. The minimum atomic E-state index is -0.305. The lowest BCUT2D eigenvalue weighted by atomic mass is 10.0. The largest absolute Gasteiger partial charge is 0.308 e. The summed E-state index contributed by atoms with van der Waals surface area (Å²) in [6.07, 6.45) is 0.835. The highest BCUT2D eigenvalue weighted by Gasteiger charge is 2.33. The van der Waals surface area contributed by atoms with Gasteiger partial charge in [0.15, 0.2) is 5.82 Å². The number of hydrogen-bond acceptors (Lipinski definition) is 5. The number of amides is 1. The van der Waals surface area contributed by atoms with Gasteiger partial charge in [0.05, 0.1) is 11.3 Å². The van der Waals surface area contributed by atoms with Crippen LogP contribution in [0, 0.1) is 0 Å². The molecule has 3 heterocycles. The van der Waals surface area contributed by atoms with Gasteiger partial charge in [-0.15, -0.1) is 5.10 Å². The van der Waals surface area contributed by atoms with Crippen molar-refractivity contribution in [1.29, 1.82) is 0 Å². The zero-order valence-electron chi connectivity index (χ0n) is 17.3. The predicted octanol–water partition coefficient (Wildman–Crippen LogP) is 3.65. The summed E-state index contributed by atoms with van der Waals surface area (Å²) in [6, 6.07) is 21.6. The monoisotopic (exact) mass is 438 g/mol. The number of para-hydroxylation sites is 1. The lowest BCUT2D eigenvalue weighted by Crippen LogP contribution is -2.32. The van der Waals surface area contributed by atoms with Crippen LogP contribution < -0.4 is 15.0 Å². The third-order valence-electron chi connectivity index (χ3n) is 5.79. The van der Waals surface area contributed by atoms with E-state index in [0.29, 0.717) is 27.4 Å². The van der Waals surface area contributed by atoms with Crippen molar-refractivity contribution in [3.05, 3.63) is 87.2 Å². The summed E-state index contributed by atoms with van der Waals surface area (Å²) in [5.41, 5.74) is 2.67. The predicted molar refractivity (Wildman–Crippen MR) is 127 cm³/mol. The number of thiazole rings is 1. The van der Waals surface area contributed by atoms with Crippen LogP contribution in [-0.4, -0.2) is 27.0 Å². The summed E-state index contributed by atoms with van der Waals surface area (Å²) in [7, 11) is 0. The molecule has 0 saturated carbocycles. The maximum Gasteiger partial charge on any atom is 0.291 e. The molecule has 7 heteroatoms. The molecule has 1 aliphatic rings. The van der Waals surface area contributed by atoms with E-state index in [4.69, 9.17) is 0 Å². The van der Waals surface area contributed by atoms with E-state index < -0.39 is 0 Å². The summed E-state index contributed by atoms with van der Waals surface area (Å²) in [5.74, 6) is 0.372. The fourth-order valence-electron chi connectivity index (χ4n) is 4.36. The van der Waals surface area contributed by atoms with Gasteiger partial charge in [0, 0.05) is 17.7 Å². The third-order valence-corrected chi connectivity index (χ3v) is 6.82. The van der Waals surface area contributed by atoms with Crippen LogP contribution in [0.1, 0.15) is 18.9 Å². The van der Waals surface area contributed by atoms with Gasteiger partial charge >= 0.3 is 0 Å². The molecule has 0 atom stereocenters. The molecule has 6 nitrogen and oxygen atoms in total. The van der Waals surface area contributed by atoms with Crippen molar-refractivity contribution in [1.82, 2.24) is 14.6 Å². The summed E-state index contributed by atoms with van der Waals surface area (Å²) >= 11 is 1.22. The maximum atomic E-state index is 13.3. The van der Waals surface area contributed by atoms with Gasteiger partial charge in [0.1, 0.15) is 4.53 Å². The zero-order chi connectivity index (χ0) is 21.8.